The van der Waals surface area contributed by atoms with Gasteiger partial charge in [0.05, 0.1) is 19.8 Å². The lowest BCUT2D eigenvalue weighted by molar-refractivity contribution is -0.304. The molecule has 10 nitrogen and oxygen atoms in total. The van der Waals surface area contributed by atoms with E-state index < -0.39 is 56.0 Å². The summed E-state index contributed by atoms with van der Waals surface area (Å²) >= 11 is 0. The molecule has 0 aromatic carbocycles. The molecule has 186 valence electrons. The molecule has 2 unspecified atom stereocenters. The quantitative estimate of drug-likeness (QED) is 0.168. The Balaban J connectivity index is 0.000000594. The normalized spacial score (nSPS) is 26.7. The Morgan fingerprint density at radius 1 is 0.903 bits per heavy atom. The van der Waals surface area contributed by atoms with Crippen molar-refractivity contribution in [2.75, 3.05) is 19.8 Å². The van der Waals surface area contributed by atoms with E-state index in [1.165, 1.54) is 44.9 Å². The van der Waals surface area contributed by atoms with Gasteiger partial charge in [0.2, 0.25) is 0 Å². The molecular formula is C21H42O10. The number of hydrogen-bond acceptors (Lipinski definition) is 9. The topological polar surface area (TPSA) is 177 Å². The fourth-order valence-corrected chi connectivity index (χ4v) is 3.05. The molecule has 1 saturated heterocycles. The van der Waals surface area contributed by atoms with Gasteiger partial charge in [-0.1, -0.05) is 58.3 Å². The van der Waals surface area contributed by atoms with E-state index in [1.54, 1.807) is 0 Å². The minimum Gasteiger partial charge on any atom is -0.481 e. The van der Waals surface area contributed by atoms with Crippen LogP contribution in [-0.2, 0) is 14.3 Å². The number of ether oxygens (including phenoxy) is 2. The van der Waals surface area contributed by atoms with Gasteiger partial charge in [0.1, 0.15) is 30.5 Å². The van der Waals surface area contributed by atoms with Gasteiger partial charge in [-0.15, -0.1) is 0 Å². The summed E-state index contributed by atoms with van der Waals surface area (Å²) in [5.74, 6) is -0.659. The maximum absolute atomic E-state index is 10.2. The first-order chi connectivity index (χ1) is 14.8. The Labute approximate surface area is 184 Å². The number of aliphatic carboxylic acids is 1. The van der Waals surface area contributed by atoms with Crippen LogP contribution in [-0.4, -0.2) is 98.3 Å². The summed E-state index contributed by atoms with van der Waals surface area (Å²) in [5, 5.41) is 63.3. The molecule has 1 heterocycles. The Kier molecular flexibility index (Phi) is 18.2. The van der Waals surface area contributed by atoms with Gasteiger partial charge in [-0.2, -0.15) is 0 Å². The minimum absolute atomic E-state index is 0.306. The molecule has 31 heavy (non-hydrogen) atoms. The van der Waals surface area contributed by atoms with Crippen LogP contribution < -0.4 is 0 Å². The zero-order valence-electron chi connectivity index (χ0n) is 18.5. The lowest BCUT2D eigenvalue weighted by Gasteiger charge is -2.39. The summed E-state index contributed by atoms with van der Waals surface area (Å²) < 4.78 is 9.93. The molecule has 1 aliphatic heterocycles. The van der Waals surface area contributed by atoms with E-state index in [2.05, 4.69) is 6.92 Å². The van der Waals surface area contributed by atoms with Gasteiger partial charge in [-0.05, 0) is 6.42 Å². The van der Waals surface area contributed by atoms with E-state index in [-0.39, 0.29) is 6.61 Å². The van der Waals surface area contributed by atoms with Crippen molar-refractivity contribution < 1.29 is 50.0 Å². The van der Waals surface area contributed by atoms with Crippen molar-refractivity contribution in [1.82, 2.24) is 0 Å². The monoisotopic (exact) mass is 454 g/mol. The van der Waals surface area contributed by atoms with Crippen LogP contribution >= 0.6 is 0 Å². The highest BCUT2D eigenvalue weighted by atomic mass is 16.7. The van der Waals surface area contributed by atoms with E-state index in [0.29, 0.717) is 6.42 Å². The molecule has 0 spiro atoms. The number of carboxylic acids is 1. The van der Waals surface area contributed by atoms with E-state index in [4.69, 9.17) is 29.9 Å². The number of carbonyl (C=O) groups is 1. The van der Waals surface area contributed by atoms with Crippen LogP contribution in [0, 0.1) is 0 Å². The first-order valence-electron chi connectivity index (χ1n) is 11.2. The zero-order chi connectivity index (χ0) is 23.6. The molecule has 10 heteroatoms. The Bertz CT molecular complexity index is 434. The molecule has 1 fully saturated rings. The van der Waals surface area contributed by atoms with Crippen molar-refractivity contribution in [3.8, 4) is 0 Å². The van der Waals surface area contributed by atoms with Gasteiger partial charge in [-0.25, -0.2) is 0 Å². The van der Waals surface area contributed by atoms with Crippen LogP contribution in [0.15, 0.2) is 0 Å². The SMILES string of the molecule is CCCCCCCCCCCC(=O)O.OCC(O)COC1O[C@H](CO)[C@H](O)[C@H](O)[C@H]1O. The van der Waals surface area contributed by atoms with Crippen molar-refractivity contribution in [3.63, 3.8) is 0 Å². The third-order valence-electron chi connectivity index (χ3n) is 5.01. The van der Waals surface area contributed by atoms with E-state index in [1.807, 2.05) is 0 Å². The highest BCUT2D eigenvalue weighted by Gasteiger charge is 2.44. The van der Waals surface area contributed by atoms with Gasteiger partial charge in [0.15, 0.2) is 6.29 Å². The van der Waals surface area contributed by atoms with Crippen LogP contribution in [0.1, 0.15) is 71.1 Å². The number of rotatable bonds is 15. The molecule has 1 aliphatic rings. The molecule has 0 radical (unpaired) electrons. The van der Waals surface area contributed by atoms with Crippen LogP contribution in [0.2, 0.25) is 0 Å². The van der Waals surface area contributed by atoms with Crippen LogP contribution in [0.4, 0.5) is 0 Å². The maximum Gasteiger partial charge on any atom is 0.303 e. The molecule has 0 aliphatic carbocycles. The summed E-state index contributed by atoms with van der Waals surface area (Å²) in [6.45, 7) is 0.857. The number of aliphatic hydroxyl groups is 6. The van der Waals surface area contributed by atoms with E-state index in [0.717, 1.165) is 12.8 Å². The van der Waals surface area contributed by atoms with Crippen LogP contribution in [0.25, 0.3) is 0 Å². The smallest absolute Gasteiger partial charge is 0.303 e. The van der Waals surface area contributed by atoms with Crippen LogP contribution in [0.3, 0.4) is 0 Å². The Morgan fingerprint density at radius 2 is 1.45 bits per heavy atom. The number of carboxylic acid groups (broad SMARTS) is 1. The lowest BCUT2D eigenvalue weighted by atomic mass is 9.99. The molecule has 0 bridgehead atoms. The molecule has 0 saturated carbocycles. The highest BCUT2D eigenvalue weighted by molar-refractivity contribution is 5.66. The molecule has 0 amide bonds. The average Bonchev–Trinajstić information content (AvgIpc) is 2.76. The van der Waals surface area contributed by atoms with E-state index in [9.17, 15) is 20.1 Å². The number of aliphatic hydroxyl groups excluding tert-OH is 6. The van der Waals surface area contributed by atoms with Crippen molar-refractivity contribution >= 4 is 5.97 Å². The molecular weight excluding hydrogens is 412 g/mol. The Hall–Kier alpha value is -0.850. The first-order valence-corrected chi connectivity index (χ1v) is 11.2. The minimum atomic E-state index is -1.52. The fourth-order valence-electron chi connectivity index (χ4n) is 3.05. The zero-order valence-corrected chi connectivity index (χ0v) is 18.5. The summed E-state index contributed by atoms with van der Waals surface area (Å²) in [4.78, 5) is 10.2. The average molecular weight is 455 g/mol. The third kappa shape index (κ3) is 14.0. The summed E-state index contributed by atoms with van der Waals surface area (Å²) in [5.41, 5.74) is 0. The predicted molar refractivity (Wildman–Crippen MR) is 112 cm³/mol. The number of unbranched alkanes of at least 4 members (excludes halogenated alkanes) is 8. The van der Waals surface area contributed by atoms with Crippen molar-refractivity contribution in [2.45, 2.75) is 108 Å². The molecule has 7 N–H and O–H groups in total. The predicted octanol–water partition coefficient (Wildman–Crippen LogP) is 0.148. The van der Waals surface area contributed by atoms with Crippen molar-refractivity contribution in [3.05, 3.63) is 0 Å². The van der Waals surface area contributed by atoms with Crippen LogP contribution in [0.5, 0.6) is 0 Å². The summed E-state index contributed by atoms with van der Waals surface area (Å²) in [6, 6.07) is 0. The van der Waals surface area contributed by atoms with Crippen molar-refractivity contribution in [2.24, 2.45) is 0 Å². The van der Waals surface area contributed by atoms with Gasteiger partial charge < -0.3 is 45.2 Å². The standard InChI is InChI=1S/C12H24O2.C9H18O8/c1-2-3-4-5-6-7-8-9-10-11-12(13)14;10-1-4(12)3-16-9-8(15)7(14)6(13)5(2-11)17-9/h2-11H2,1H3,(H,13,14);4-15H,1-3H2/t;4?,5-,6+,7+,8-,9?/m.1/s1. The molecule has 0 aromatic heterocycles. The third-order valence-corrected chi connectivity index (χ3v) is 5.01. The van der Waals surface area contributed by atoms with Gasteiger partial charge >= 0.3 is 5.97 Å². The fraction of sp³-hybridized carbons (Fsp3) is 0.952. The Morgan fingerprint density at radius 3 is 1.94 bits per heavy atom. The van der Waals surface area contributed by atoms with Gasteiger partial charge in [-0.3, -0.25) is 4.79 Å². The highest BCUT2D eigenvalue weighted by Crippen LogP contribution is 2.21. The van der Waals surface area contributed by atoms with Gasteiger partial charge in [0, 0.05) is 6.42 Å². The second kappa shape index (κ2) is 18.7. The largest absolute Gasteiger partial charge is 0.481 e. The molecule has 0 aromatic rings. The first kappa shape index (κ1) is 30.1. The molecule has 1 rings (SSSR count). The lowest BCUT2D eigenvalue weighted by Crippen LogP contribution is -2.59. The maximum atomic E-state index is 10.2. The second-order valence-electron chi connectivity index (χ2n) is 7.84. The summed E-state index contributed by atoms with van der Waals surface area (Å²) in [6.07, 6.45) is 3.54. The summed E-state index contributed by atoms with van der Waals surface area (Å²) in [7, 11) is 0. The second-order valence-corrected chi connectivity index (χ2v) is 7.84. The molecule has 6 atom stereocenters. The number of hydrogen-bond donors (Lipinski definition) is 7. The van der Waals surface area contributed by atoms with Crippen molar-refractivity contribution in [1.29, 1.82) is 0 Å². The van der Waals surface area contributed by atoms with E-state index >= 15 is 0 Å². The van der Waals surface area contributed by atoms with Gasteiger partial charge in [0.25, 0.3) is 0 Å².